The number of ether oxygens (including phenoxy) is 1. The number of anilines is 1. The van der Waals surface area contributed by atoms with Crippen molar-refractivity contribution in [1.29, 1.82) is 0 Å². The first kappa shape index (κ1) is 12.7. The van der Waals surface area contributed by atoms with E-state index in [1.54, 1.807) is 16.9 Å². The molecule has 0 aliphatic carbocycles. The number of hydrogen-bond acceptors (Lipinski definition) is 5. The fourth-order valence-electron chi connectivity index (χ4n) is 1.79. The van der Waals surface area contributed by atoms with Crippen LogP contribution in [-0.2, 0) is 9.53 Å². The van der Waals surface area contributed by atoms with Crippen molar-refractivity contribution in [3.8, 4) is 0 Å². The molecule has 0 saturated carbocycles. The van der Waals surface area contributed by atoms with E-state index in [4.69, 9.17) is 4.74 Å². The van der Waals surface area contributed by atoms with Crippen LogP contribution in [0.5, 0.6) is 0 Å². The molecule has 1 aromatic heterocycles. The van der Waals surface area contributed by atoms with Crippen molar-refractivity contribution in [3.05, 3.63) is 18.2 Å². The Bertz CT molecular complexity index is 412. The van der Waals surface area contributed by atoms with Crippen molar-refractivity contribution >= 4 is 11.9 Å². The lowest BCUT2D eigenvalue weighted by atomic mass is 10.3. The van der Waals surface area contributed by atoms with Crippen molar-refractivity contribution in [2.24, 2.45) is 0 Å². The molecule has 1 saturated heterocycles. The predicted molar refractivity (Wildman–Crippen MR) is 62.7 cm³/mol. The van der Waals surface area contributed by atoms with Crippen LogP contribution in [0.15, 0.2) is 12.4 Å². The summed E-state index contributed by atoms with van der Waals surface area (Å²) in [6.07, 6.45) is 2.20. The van der Waals surface area contributed by atoms with Crippen molar-refractivity contribution in [1.82, 2.24) is 14.9 Å². The normalized spacial score (nSPS) is 16.2. The molecule has 0 spiro atoms. The van der Waals surface area contributed by atoms with Crippen LogP contribution < -0.4 is 4.90 Å². The number of hydrogen-bond donors (Lipinski definition) is 0. The quantitative estimate of drug-likeness (QED) is 0.751. The summed E-state index contributed by atoms with van der Waals surface area (Å²) in [7, 11) is 1.60. The Labute approximate surface area is 104 Å². The Morgan fingerprint density at radius 2 is 2.11 bits per heavy atom. The molecule has 0 aromatic carbocycles. The van der Waals surface area contributed by atoms with Gasteiger partial charge in [-0.1, -0.05) is 0 Å². The molecule has 0 atom stereocenters. The van der Waals surface area contributed by atoms with E-state index in [2.05, 4.69) is 9.97 Å². The van der Waals surface area contributed by atoms with Gasteiger partial charge in [-0.2, -0.15) is 0 Å². The van der Waals surface area contributed by atoms with Crippen LogP contribution in [0, 0.1) is 5.82 Å². The third-order valence-corrected chi connectivity index (χ3v) is 2.77. The summed E-state index contributed by atoms with van der Waals surface area (Å²) >= 11 is 0. The molecular formula is C11H15FN4O2. The lowest BCUT2D eigenvalue weighted by molar-refractivity contribution is -0.131. The van der Waals surface area contributed by atoms with Crippen LogP contribution in [0.3, 0.4) is 0 Å². The molecule has 0 radical (unpaired) electrons. The second-order valence-corrected chi connectivity index (χ2v) is 4.00. The maximum atomic E-state index is 12.7. The standard InChI is InChI=1S/C11H15FN4O2/c1-18-5-4-15-2-3-16(8-10(15)17)11-13-6-9(12)7-14-11/h6-7H,2-5,8H2,1H3. The third-order valence-electron chi connectivity index (χ3n) is 2.77. The van der Waals surface area contributed by atoms with Gasteiger partial charge in [0.1, 0.15) is 0 Å². The first-order valence-electron chi connectivity index (χ1n) is 5.70. The van der Waals surface area contributed by atoms with Crippen LogP contribution in [0.25, 0.3) is 0 Å². The summed E-state index contributed by atoms with van der Waals surface area (Å²) < 4.78 is 17.6. The van der Waals surface area contributed by atoms with Crippen LogP contribution >= 0.6 is 0 Å². The van der Waals surface area contributed by atoms with Crippen molar-refractivity contribution in [2.45, 2.75) is 0 Å². The lowest BCUT2D eigenvalue weighted by Gasteiger charge is -2.34. The average molecular weight is 254 g/mol. The Kier molecular flexibility index (Phi) is 4.03. The van der Waals surface area contributed by atoms with Crippen LogP contribution in [-0.4, -0.2) is 60.7 Å². The van der Waals surface area contributed by atoms with Crippen LogP contribution in [0.4, 0.5) is 10.3 Å². The topological polar surface area (TPSA) is 58.6 Å². The summed E-state index contributed by atoms with van der Waals surface area (Å²) in [5, 5.41) is 0. The van der Waals surface area contributed by atoms with Gasteiger partial charge in [-0.3, -0.25) is 4.79 Å². The highest BCUT2D eigenvalue weighted by Gasteiger charge is 2.24. The van der Waals surface area contributed by atoms with E-state index < -0.39 is 5.82 Å². The summed E-state index contributed by atoms with van der Waals surface area (Å²) in [6.45, 7) is 2.57. The first-order valence-corrected chi connectivity index (χ1v) is 5.70. The SMILES string of the molecule is COCCN1CCN(c2ncc(F)cn2)CC1=O. The number of carbonyl (C=O) groups is 1. The highest BCUT2D eigenvalue weighted by Crippen LogP contribution is 2.11. The van der Waals surface area contributed by atoms with Gasteiger partial charge in [0.15, 0.2) is 5.82 Å². The van der Waals surface area contributed by atoms with Crippen LogP contribution in [0.2, 0.25) is 0 Å². The maximum Gasteiger partial charge on any atom is 0.242 e. The van der Waals surface area contributed by atoms with Gasteiger partial charge in [-0.15, -0.1) is 0 Å². The third kappa shape index (κ3) is 2.92. The zero-order valence-corrected chi connectivity index (χ0v) is 10.2. The van der Waals surface area contributed by atoms with Gasteiger partial charge in [0, 0.05) is 26.7 Å². The molecule has 7 heteroatoms. The number of carbonyl (C=O) groups excluding carboxylic acids is 1. The minimum Gasteiger partial charge on any atom is -0.383 e. The smallest absolute Gasteiger partial charge is 0.242 e. The van der Waals surface area contributed by atoms with E-state index in [-0.39, 0.29) is 12.5 Å². The van der Waals surface area contributed by atoms with E-state index in [9.17, 15) is 9.18 Å². The molecular weight excluding hydrogens is 239 g/mol. The van der Waals surface area contributed by atoms with Gasteiger partial charge in [0.2, 0.25) is 11.9 Å². The lowest BCUT2D eigenvalue weighted by Crippen LogP contribution is -2.51. The predicted octanol–water partition coefficient (Wildman–Crippen LogP) is -0.0893. The first-order chi connectivity index (χ1) is 8.70. The Morgan fingerprint density at radius 1 is 1.39 bits per heavy atom. The van der Waals surface area contributed by atoms with E-state index >= 15 is 0 Å². The van der Waals surface area contributed by atoms with E-state index in [1.165, 1.54) is 0 Å². The second kappa shape index (κ2) is 5.72. The summed E-state index contributed by atoms with van der Waals surface area (Å²) in [4.78, 5) is 23.1. The molecule has 98 valence electrons. The van der Waals surface area contributed by atoms with Gasteiger partial charge in [-0.25, -0.2) is 14.4 Å². The molecule has 1 fully saturated rings. The largest absolute Gasteiger partial charge is 0.383 e. The van der Waals surface area contributed by atoms with E-state index in [0.29, 0.717) is 32.2 Å². The average Bonchev–Trinajstić information content (AvgIpc) is 2.38. The minimum atomic E-state index is -0.483. The van der Waals surface area contributed by atoms with Gasteiger partial charge >= 0.3 is 0 Å². The summed E-state index contributed by atoms with van der Waals surface area (Å²) in [6, 6.07) is 0. The molecule has 0 bridgehead atoms. The molecule has 2 heterocycles. The minimum absolute atomic E-state index is 0.00576. The fourth-order valence-corrected chi connectivity index (χ4v) is 1.79. The van der Waals surface area contributed by atoms with Gasteiger partial charge in [0.05, 0.1) is 25.5 Å². The summed E-state index contributed by atoms with van der Waals surface area (Å²) in [5.41, 5.74) is 0. The Balaban J connectivity index is 1.95. The molecule has 0 unspecified atom stereocenters. The maximum absolute atomic E-state index is 12.7. The molecule has 0 N–H and O–H groups in total. The molecule has 2 rings (SSSR count). The molecule has 1 aromatic rings. The fraction of sp³-hybridized carbons (Fsp3) is 0.545. The number of piperazine rings is 1. The zero-order chi connectivity index (χ0) is 13.0. The van der Waals surface area contributed by atoms with Gasteiger partial charge in [-0.05, 0) is 0 Å². The van der Waals surface area contributed by atoms with Gasteiger partial charge in [0.25, 0.3) is 0 Å². The monoisotopic (exact) mass is 254 g/mol. The number of amides is 1. The van der Waals surface area contributed by atoms with Crippen LogP contribution in [0.1, 0.15) is 0 Å². The number of nitrogens with zero attached hydrogens (tertiary/aromatic N) is 4. The summed E-state index contributed by atoms with van der Waals surface area (Å²) in [5.74, 6) is -0.0915. The number of aromatic nitrogens is 2. The highest BCUT2D eigenvalue weighted by molar-refractivity contribution is 5.82. The molecule has 6 nitrogen and oxygen atoms in total. The number of rotatable bonds is 4. The van der Waals surface area contributed by atoms with Gasteiger partial charge < -0.3 is 14.5 Å². The molecule has 1 aliphatic heterocycles. The Hall–Kier alpha value is -1.76. The van der Waals surface area contributed by atoms with E-state index in [1.807, 2.05) is 0 Å². The Morgan fingerprint density at radius 3 is 2.72 bits per heavy atom. The van der Waals surface area contributed by atoms with Crippen molar-refractivity contribution in [2.75, 3.05) is 44.8 Å². The van der Waals surface area contributed by atoms with Crippen molar-refractivity contribution in [3.63, 3.8) is 0 Å². The van der Waals surface area contributed by atoms with Crippen molar-refractivity contribution < 1.29 is 13.9 Å². The van der Waals surface area contributed by atoms with E-state index in [0.717, 1.165) is 12.4 Å². The number of halogens is 1. The molecule has 1 aliphatic rings. The zero-order valence-electron chi connectivity index (χ0n) is 10.2. The highest BCUT2D eigenvalue weighted by atomic mass is 19.1. The number of methoxy groups -OCH3 is 1. The molecule has 1 amide bonds. The second-order valence-electron chi connectivity index (χ2n) is 4.00. The molecule has 18 heavy (non-hydrogen) atoms.